The lowest BCUT2D eigenvalue weighted by Gasteiger charge is -2.14. The number of amides is 1. The maximum absolute atomic E-state index is 12.5. The molecule has 25 heavy (non-hydrogen) atoms. The Balaban J connectivity index is 1.81. The van der Waals surface area contributed by atoms with E-state index in [0.717, 1.165) is 0 Å². The SMILES string of the molecule is CCn1c(SC(C)C(=O)Nc2ccc(Cl)cn2)nc2ccsc2c1=O. The van der Waals surface area contributed by atoms with Crippen molar-refractivity contribution in [3.8, 4) is 0 Å². The van der Waals surface area contributed by atoms with Crippen molar-refractivity contribution in [3.63, 3.8) is 0 Å². The molecule has 1 unspecified atom stereocenters. The zero-order chi connectivity index (χ0) is 18.0. The third-order valence-corrected chi connectivity index (χ3v) is 5.68. The summed E-state index contributed by atoms with van der Waals surface area (Å²) < 4.78 is 2.22. The van der Waals surface area contributed by atoms with E-state index < -0.39 is 5.25 Å². The van der Waals surface area contributed by atoms with Crippen LogP contribution in [-0.4, -0.2) is 25.7 Å². The van der Waals surface area contributed by atoms with Crippen LogP contribution >= 0.6 is 34.7 Å². The Morgan fingerprint density at radius 1 is 1.44 bits per heavy atom. The monoisotopic (exact) mass is 394 g/mol. The van der Waals surface area contributed by atoms with Crippen molar-refractivity contribution >= 4 is 56.6 Å². The molecule has 6 nitrogen and oxygen atoms in total. The van der Waals surface area contributed by atoms with E-state index in [9.17, 15) is 9.59 Å². The maximum atomic E-state index is 12.5. The first-order valence-electron chi connectivity index (χ1n) is 7.56. The summed E-state index contributed by atoms with van der Waals surface area (Å²) in [6.45, 7) is 4.14. The second-order valence-electron chi connectivity index (χ2n) is 5.19. The highest BCUT2D eigenvalue weighted by Gasteiger charge is 2.19. The summed E-state index contributed by atoms with van der Waals surface area (Å²) >= 11 is 8.41. The first-order valence-corrected chi connectivity index (χ1v) is 9.70. The first-order chi connectivity index (χ1) is 12.0. The molecular weight excluding hydrogens is 380 g/mol. The Morgan fingerprint density at radius 3 is 2.92 bits per heavy atom. The van der Waals surface area contributed by atoms with Crippen LogP contribution in [0, 0.1) is 0 Å². The Morgan fingerprint density at radius 2 is 2.24 bits per heavy atom. The van der Waals surface area contributed by atoms with E-state index in [1.54, 1.807) is 23.6 Å². The zero-order valence-electron chi connectivity index (χ0n) is 13.5. The van der Waals surface area contributed by atoms with Gasteiger partial charge in [0.2, 0.25) is 5.91 Å². The molecule has 0 aliphatic heterocycles. The van der Waals surface area contributed by atoms with Crippen LogP contribution in [0.15, 0.2) is 39.7 Å². The number of halogens is 1. The molecule has 0 spiro atoms. The van der Waals surface area contributed by atoms with Crippen molar-refractivity contribution in [2.45, 2.75) is 30.8 Å². The molecule has 3 aromatic rings. The van der Waals surface area contributed by atoms with Gasteiger partial charge in [-0.2, -0.15) is 0 Å². The number of carbonyl (C=O) groups excluding carboxylic acids is 1. The van der Waals surface area contributed by atoms with Crippen molar-refractivity contribution in [3.05, 3.63) is 45.2 Å². The third kappa shape index (κ3) is 3.86. The highest BCUT2D eigenvalue weighted by Crippen LogP contribution is 2.25. The van der Waals surface area contributed by atoms with E-state index in [-0.39, 0.29) is 11.5 Å². The van der Waals surface area contributed by atoms with Crippen LogP contribution in [0.4, 0.5) is 5.82 Å². The quantitative estimate of drug-likeness (QED) is 0.528. The maximum Gasteiger partial charge on any atom is 0.272 e. The number of aromatic nitrogens is 3. The van der Waals surface area contributed by atoms with Crippen LogP contribution in [0.2, 0.25) is 5.02 Å². The number of hydrogen-bond acceptors (Lipinski definition) is 6. The summed E-state index contributed by atoms with van der Waals surface area (Å²) in [6.07, 6.45) is 1.47. The molecule has 0 saturated heterocycles. The van der Waals surface area contributed by atoms with Gasteiger partial charge in [-0.25, -0.2) is 9.97 Å². The van der Waals surface area contributed by atoms with E-state index in [1.165, 1.54) is 29.3 Å². The van der Waals surface area contributed by atoms with Gasteiger partial charge in [-0.1, -0.05) is 23.4 Å². The summed E-state index contributed by atoms with van der Waals surface area (Å²) in [7, 11) is 0. The summed E-state index contributed by atoms with van der Waals surface area (Å²) in [5.74, 6) is 0.207. The summed E-state index contributed by atoms with van der Waals surface area (Å²) in [5.41, 5.74) is 0.589. The lowest BCUT2D eigenvalue weighted by Crippen LogP contribution is -2.26. The van der Waals surface area contributed by atoms with Gasteiger partial charge in [-0.3, -0.25) is 14.2 Å². The normalized spacial score (nSPS) is 12.3. The molecule has 3 rings (SSSR count). The molecule has 1 amide bonds. The molecule has 0 aliphatic carbocycles. The third-order valence-electron chi connectivity index (χ3n) is 3.48. The largest absolute Gasteiger partial charge is 0.310 e. The molecule has 0 radical (unpaired) electrons. The molecule has 0 saturated carbocycles. The molecule has 1 atom stereocenters. The Bertz CT molecular complexity index is 968. The van der Waals surface area contributed by atoms with Gasteiger partial charge in [0.1, 0.15) is 10.5 Å². The Hall–Kier alpha value is -1.90. The minimum Gasteiger partial charge on any atom is -0.310 e. The van der Waals surface area contributed by atoms with Crippen LogP contribution < -0.4 is 10.9 Å². The van der Waals surface area contributed by atoms with E-state index in [2.05, 4.69) is 15.3 Å². The summed E-state index contributed by atoms with van der Waals surface area (Å²) in [5, 5.41) is 5.16. The van der Waals surface area contributed by atoms with Crippen LogP contribution in [0.25, 0.3) is 10.2 Å². The van der Waals surface area contributed by atoms with Crippen LogP contribution in [0.3, 0.4) is 0 Å². The molecular formula is C16H15ClN4O2S2. The second kappa shape index (κ2) is 7.55. The van der Waals surface area contributed by atoms with Crippen molar-refractivity contribution in [2.24, 2.45) is 0 Å². The topological polar surface area (TPSA) is 76.9 Å². The number of rotatable bonds is 5. The Kier molecular flexibility index (Phi) is 5.41. The average molecular weight is 395 g/mol. The van der Waals surface area contributed by atoms with Gasteiger partial charge in [0.15, 0.2) is 5.16 Å². The van der Waals surface area contributed by atoms with E-state index >= 15 is 0 Å². The number of hydrogen-bond donors (Lipinski definition) is 1. The highest BCUT2D eigenvalue weighted by molar-refractivity contribution is 8.00. The van der Waals surface area contributed by atoms with E-state index in [4.69, 9.17) is 11.6 Å². The molecule has 0 aliphatic rings. The summed E-state index contributed by atoms with van der Waals surface area (Å²) in [6, 6.07) is 5.10. The zero-order valence-corrected chi connectivity index (χ0v) is 15.9. The van der Waals surface area contributed by atoms with Gasteiger partial charge < -0.3 is 5.32 Å². The predicted molar refractivity (Wildman–Crippen MR) is 103 cm³/mol. The van der Waals surface area contributed by atoms with E-state index in [1.807, 2.05) is 18.4 Å². The van der Waals surface area contributed by atoms with Gasteiger partial charge in [-0.05, 0) is 37.4 Å². The second-order valence-corrected chi connectivity index (χ2v) is 7.85. The number of nitrogens with one attached hydrogen (secondary N) is 1. The first kappa shape index (κ1) is 17.9. The predicted octanol–water partition coefficient (Wildman–Crippen LogP) is 3.65. The number of nitrogens with zero attached hydrogens (tertiary/aromatic N) is 3. The lowest BCUT2D eigenvalue weighted by molar-refractivity contribution is -0.115. The van der Waals surface area contributed by atoms with Gasteiger partial charge in [0, 0.05) is 12.7 Å². The highest BCUT2D eigenvalue weighted by atomic mass is 35.5. The number of anilines is 1. The molecule has 9 heteroatoms. The van der Waals surface area contributed by atoms with E-state index in [0.29, 0.717) is 32.8 Å². The molecule has 0 fully saturated rings. The fraction of sp³-hybridized carbons (Fsp3) is 0.250. The lowest BCUT2D eigenvalue weighted by atomic mass is 10.4. The van der Waals surface area contributed by atoms with Gasteiger partial charge in [0.25, 0.3) is 5.56 Å². The number of fused-ring (bicyclic) bond motifs is 1. The van der Waals surface area contributed by atoms with Crippen molar-refractivity contribution in [2.75, 3.05) is 5.32 Å². The molecule has 0 aromatic carbocycles. The van der Waals surface area contributed by atoms with Crippen molar-refractivity contribution < 1.29 is 4.79 Å². The minimum atomic E-state index is -0.446. The minimum absolute atomic E-state index is 0.0722. The number of carbonyl (C=O) groups is 1. The standard InChI is InChI=1S/C16H15ClN4O2S2/c1-3-21-15(23)13-11(6-7-24-13)19-16(21)25-9(2)14(22)20-12-5-4-10(17)8-18-12/h4-9H,3H2,1-2H3,(H,18,20,22). The molecule has 3 heterocycles. The number of thioether (sulfide) groups is 1. The smallest absolute Gasteiger partial charge is 0.272 e. The van der Waals surface area contributed by atoms with Gasteiger partial charge in [-0.15, -0.1) is 11.3 Å². The summed E-state index contributed by atoms with van der Waals surface area (Å²) in [4.78, 5) is 33.5. The Labute approximate surface area is 157 Å². The fourth-order valence-electron chi connectivity index (χ4n) is 2.18. The molecule has 1 N–H and O–H groups in total. The van der Waals surface area contributed by atoms with Crippen molar-refractivity contribution in [1.82, 2.24) is 14.5 Å². The van der Waals surface area contributed by atoms with Crippen LogP contribution in [0.1, 0.15) is 13.8 Å². The van der Waals surface area contributed by atoms with Crippen LogP contribution in [-0.2, 0) is 11.3 Å². The van der Waals surface area contributed by atoms with Crippen LogP contribution in [0.5, 0.6) is 0 Å². The molecule has 0 bridgehead atoms. The average Bonchev–Trinajstić information content (AvgIpc) is 3.06. The van der Waals surface area contributed by atoms with Gasteiger partial charge >= 0.3 is 0 Å². The number of pyridine rings is 1. The number of thiophene rings is 1. The fourth-order valence-corrected chi connectivity index (χ4v) is 4.04. The molecule has 130 valence electrons. The van der Waals surface area contributed by atoms with Crippen molar-refractivity contribution in [1.29, 1.82) is 0 Å². The molecule has 3 aromatic heterocycles. The van der Waals surface area contributed by atoms with Gasteiger partial charge in [0.05, 0.1) is 15.8 Å².